The van der Waals surface area contributed by atoms with E-state index in [1.165, 1.54) is 0 Å². The number of benzene rings is 2. The molecule has 0 amide bonds. The topological polar surface area (TPSA) is 94.2 Å². The minimum Gasteiger partial charge on any atom is -0.325 e. The lowest BCUT2D eigenvalue weighted by Crippen LogP contribution is -2.28. The van der Waals surface area contributed by atoms with Gasteiger partial charge in [0.1, 0.15) is 0 Å². The van der Waals surface area contributed by atoms with Gasteiger partial charge < -0.3 is 10.3 Å². The summed E-state index contributed by atoms with van der Waals surface area (Å²) in [6, 6.07) is 15.3. The highest BCUT2D eigenvalue weighted by Crippen LogP contribution is 2.31. The number of fused-ring (bicyclic) bond motifs is 1. The molecule has 1 aromatic heterocycles. The first-order valence-corrected chi connectivity index (χ1v) is 11.5. The third kappa shape index (κ3) is 4.75. The van der Waals surface area contributed by atoms with Gasteiger partial charge in [0.05, 0.1) is 6.26 Å². The Morgan fingerprint density at radius 3 is 2.34 bits per heavy atom. The second-order valence-electron chi connectivity index (χ2n) is 7.67. The summed E-state index contributed by atoms with van der Waals surface area (Å²) in [5.74, 6) is 0.289. The molecule has 2 aromatic carbocycles. The Balaban J connectivity index is 2.33. The van der Waals surface area contributed by atoms with Gasteiger partial charge in [0.2, 0.25) is 10.0 Å². The molecular weight excluding hydrogens is 386 g/mol. The van der Waals surface area contributed by atoms with E-state index in [2.05, 4.69) is 18.6 Å². The quantitative estimate of drug-likeness (QED) is 0.623. The number of hydrogen-bond acceptors (Lipinski definition) is 4. The molecule has 7 heteroatoms. The fourth-order valence-electron chi connectivity index (χ4n) is 3.56. The molecule has 154 valence electrons. The van der Waals surface area contributed by atoms with Crippen molar-refractivity contribution in [2.24, 2.45) is 11.7 Å². The Morgan fingerprint density at radius 1 is 1.07 bits per heavy atom. The molecule has 3 N–H and O–H groups in total. The van der Waals surface area contributed by atoms with Crippen molar-refractivity contribution in [3.8, 4) is 11.1 Å². The summed E-state index contributed by atoms with van der Waals surface area (Å²) in [6.45, 7) is 5.11. The molecule has 0 bridgehead atoms. The Morgan fingerprint density at radius 2 is 1.76 bits per heavy atom. The van der Waals surface area contributed by atoms with E-state index in [9.17, 15) is 13.2 Å². The molecule has 0 radical (unpaired) electrons. The average molecular weight is 414 g/mol. The van der Waals surface area contributed by atoms with Crippen molar-refractivity contribution in [1.82, 2.24) is 9.29 Å². The number of rotatable bonds is 7. The minimum atomic E-state index is -3.31. The predicted molar refractivity (Wildman–Crippen MR) is 118 cm³/mol. The lowest BCUT2D eigenvalue weighted by atomic mass is 9.95. The lowest BCUT2D eigenvalue weighted by Gasteiger charge is -2.21. The largest absolute Gasteiger partial charge is 0.325 e. The van der Waals surface area contributed by atoms with Gasteiger partial charge in [-0.3, -0.25) is 4.79 Å². The Hall–Kier alpha value is -2.48. The van der Waals surface area contributed by atoms with Crippen LogP contribution in [0, 0.1) is 5.92 Å². The van der Waals surface area contributed by atoms with E-state index in [0.29, 0.717) is 11.9 Å². The van der Waals surface area contributed by atoms with Crippen LogP contribution < -0.4 is 16.0 Å². The van der Waals surface area contributed by atoms with Crippen molar-refractivity contribution >= 4 is 20.8 Å². The molecule has 0 fully saturated rings. The van der Waals surface area contributed by atoms with E-state index < -0.39 is 10.0 Å². The third-order valence-corrected chi connectivity index (χ3v) is 5.45. The van der Waals surface area contributed by atoms with Crippen molar-refractivity contribution in [1.29, 1.82) is 0 Å². The van der Waals surface area contributed by atoms with Gasteiger partial charge in [0.15, 0.2) is 0 Å². The molecule has 29 heavy (non-hydrogen) atoms. The van der Waals surface area contributed by atoms with Gasteiger partial charge in [-0.15, -0.1) is 0 Å². The van der Waals surface area contributed by atoms with Crippen LogP contribution in [-0.2, 0) is 29.7 Å². The molecule has 6 nitrogen and oxygen atoms in total. The van der Waals surface area contributed by atoms with E-state index in [1.54, 1.807) is 16.7 Å². The summed E-state index contributed by atoms with van der Waals surface area (Å²) < 4.78 is 27.2. The summed E-state index contributed by atoms with van der Waals surface area (Å²) in [5, 5.41) is 1.39. The minimum absolute atomic E-state index is 0.0727. The zero-order valence-corrected chi connectivity index (χ0v) is 17.8. The smallest absolute Gasteiger partial charge is 0.258 e. The molecular formula is C22H27N3O3S. The molecule has 3 aromatic rings. The molecule has 0 aliphatic carbocycles. The highest BCUT2D eigenvalue weighted by Gasteiger charge is 2.18. The van der Waals surface area contributed by atoms with Gasteiger partial charge in [-0.1, -0.05) is 50.2 Å². The van der Waals surface area contributed by atoms with Crippen LogP contribution in [0.5, 0.6) is 0 Å². The molecule has 0 atom stereocenters. The van der Waals surface area contributed by atoms with Gasteiger partial charge in [-0.25, -0.2) is 13.1 Å². The molecule has 0 aliphatic heterocycles. The van der Waals surface area contributed by atoms with Crippen molar-refractivity contribution in [3.63, 3.8) is 0 Å². The van der Waals surface area contributed by atoms with E-state index >= 15 is 0 Å². The average Bonchev–Trinajstić information content (AvgIpc) is 2.68. The second-order valence-corrected chi connectivity index (χ2v) is 9.51. The maximum atomic E-state index is 13.3. The first-order valence-electron chi connectivity index (χ1n) is 9.59. The molecule has 0 aliphatic rings. The fraction of sp³-hybridized carbons (Fsp3) is 0.318. The van der Waals surface area contributed by atoms with E-state index in [4.69, 9.17) is 5.73 Å². The maximum Gasteiger partial charge on any atom is 0.258 e. The van der Waals surface area contributed by atoms with Gasteiger partial charge in [0.25, 0.3) is 5.56 Å². The van der Waals surface area contributed by atoms with Crippen LogP contribution in [0.15, 0.2) is 53.3 Å². The highest BCUT2D eigenvalue weighted by atomic mass is 32.2. The Kier molecular flexibility index (Phi) is 6.21. The molecule has 0 saturated heterocycles. The zero-order valence-electron chi connectivity index (χ0n) is 17.0. The van der Waals surface area contributed by atoms with Gasteiger partial charge in [-0.05, 0) is 34.6 Å². The number of aromatic nitrogens is 1. The van der Waals surface area contributed by atoms with E-state index in [1.807, 2.05) is 36.4 Å². The zero-order chi connectivity index (χ0) is 21.2. The number of nitrogens with two attached hydrogens (primary N) is 1. The molecule has 3 rings (SSSR count). The summed E-state index contributed by atoms with van der Waals surface area (Å²) in [7, 11) is -3.31. The molecule has 0 unspecified atom stereocenters. The number of nitrogens with one attached hydrogen (secondary N) is 1. The molecule has 0 spiro atoms. The van der Waals surface area contributed by atoms with Crippen LogP contribution in [0.25, 0.3) is 21.9 Å². The van der Waals surface area contributed by atoms with Crippen molar-refractivity contribution in [2.75, 3.05) is 6.26 Å². The van der Waals surface area contributed by atoms with Gasteiger partial charge >= 0.3 is 0 Å². The van der Waals surface area contributed by atoms with Crippen LogP contribution in [0.2, 0.25) is 0 Å². The number of hydrogen-bond donors (Lipinski definition) is 2. The summed E-state index contributed by atoms with van der Waals surface area (Å²) >= 11 is 0. The Bertz CT molecular complexity index is 1180. The predicted octanol–water partition coefficient (Wildman–Crippen LogP) is 2.83. The first kappa shape index (κ1) is 21.2. The molecule has 0 saturated carbocycles. The number of pyridine rings is 1. The van der Waals surface area contributed by atoms with Crippen LogP contribution in [0.1, 0.15) is 25.1 Å². The van der Waals surface area contributed by atoms with Crippen LogP contribution >= 0.6 is 0 Å². The normalized spacial score (nSPS) is 12.0. The SMILES string of the molecule is CC(C)Cn1c(CN)c(-c2ccccc2)c2cc(CNS(C)(=O)=O)ccc2c1=O. The summed E-state index contributed by atoms with van der Waals surface area (Å²) in [5.41, 5.74) is 9.52. The van der Waals surface area contributed by atoms with Gasteiger partial charge in [-0.2, -0.15) is 0 Å². The van der Waals surface area contributed by atoms with E-state index in [0.717, 1.165) is 34.0 Å². The van der Waals surface area contributed by atoms with Crippen molar-refractivity contribution in [3.05, 3.63) is 70.1 Å². The third-order valence-electron chi connectivity index (χ3n) is 4.79. The Labute approximate surface area is 171 Å². The highest BCUT2D eigenvalue weighted by molar-refractivity contribution is 7.88. The van der Waals surface area contributed by atoms with E-state index in [-0.39, 0.29) is 24.6 Å². The summed E-state index contributed by atoms with van der Waals surface area (Å²) in [4.78, 5) is 13.3. The van der Waals surface area contributed by atoms with Crippen LogP contribution in [0.3, 0.4) is 0 Å². The van der Waals surface area contributed by atoms with Gasteiger partial charge in [0, 0.05) is 36.3 Å². The first-order chi connectivity index (χ1) is 13.7. The second kappa shape index (κ2) is 8.49. The van der Waals surface area contributed by atoms with Crippen molar-refractivity contribution < 1.29 is 8.42 Å². The lowest BCUT2D eigenvalue weighted by molar-refractivity contribution is 0.499. The summed E-state index contributed by atoms with van der Waals surface area (Å²) in [6.07, 6.45) is 1.13. The number of sulfonamides is 1. The van der Waals surface area contributed by atoms with Crippen LogP contribution in [-0.4, -0.2) is 19.2 Å². The fourth-order valence-corrected chi connectivity index (χ4v) is 3.99. The monoisotopic (exact) mass is 413 g/mol. The standard InChI is InChI=1S/C22H27N3O3S/c1-15(2)14-25-20(12-23)21(17-7-5-4-6-8-17)19-11-16(13-24-29(3,27)28)9-10-18(19)22(25)26/h4-11,15,24H,12-14,23H2,1-3H3. The maximum absolute atomic E-state index is 13.3. The number of nitrogens with zero attached hydrogens (tertiary/aromatic N) is 1. The van der Waals surface area contributed by atoms with Crippen LogP contribution in [0.4, 0.5) is 0 Å². The molecule has 1 heterocycles. The van der Waals surface area contributed by atoms with Crippen molar-refractivity contribution in [2.45, 2.75) is 33.5 Å².